The van der Waals surface area contributed by atoms with Crippen molar-refractivity contribution in [3.63, 3.8) is 0 Å². The maximum Gasteiger partial charge on any atom is 0.131 e. The summed E-state index contributed by atoms with van der Waals surface area (Å²) in [4.78, 5) is 0. The SMILES string of the molecule is Cc1c(CO)cccc1-c1ccccc1F. The van der Waals surface area contributed by atoms with Gasteiger partial charge in [-0.25, -0.2) is 4.39 Å². The summed E-state index contributed by atoms with van der Waals surface area (Å²) >= 11 is 0. The topological polar surface area (TPSA) is 20.2 Å². The first-order valence-electron chi connectivity index (χ1n) is 5.18. The molecule has 0 spiro atoms. The van der Waals surface area contributed by atoms with Crippen molar-refractivity contribution < 1.29 is 9.50 Å². The molecule has 1 N–H and O–H groups in total. The average molecular weight is 216 g/mol. The van der Waals surface area contributed by atoms with E-state index in [2.05, 4.69) is 0 Å². The van der Waals surface area contributed by atoms with Gasteiger partial charge in [0.1, 0.15) is 5.82 Å². The molecule has 0 unspecified atom stereocenters. The van der Waals surface area contributed by atoms with Gasteiger partial charge in [0.25, 0.3) is 0 Å². The first kappa shape index (κ1) is 10.8. The van der Waals surface area contributed by atoms with Gasteiger partial charge in [-0.15, -0.1) is 0 Å². The first-order valence-corrected chi connectivity index (χ1v) is 5.18. The van der Waals surface area contributed by atoms with Crippen molar-refractivity contribution in [2.24, 2.45) is 0 Å². The van der Waals surface area contributed by atoms with Crippen LogP contribution in [0.3, 0.4) is 0 Å². The normalized spacial score (nSPS) is 10.4. The summed E-state index contributed by atoms with van der Waals surface area (Å²) in [6, 6.07) is 12.2. The van der Waals surface area contributed by atoms with Crippen LogP contribution in [-0.4, -0.2) is 5.11 Å². The van der Waals surface area contributed by atoms with Crippen molar-refractivity contribution in [3.8, 4) is 11.1 Å². The van der Waals surface area contributed by atoms with E-state index in [9.17, 15) is 4.39 Å². The molecule has 2 aromatic rings. The van der Waals surface area contributed by atoms with Gasteiger partial charge in [-0.1, -0.05) is 36.4 Å². The summed E-state index contributed by atoms with van der Waals surface area (Å²) in [6.07, 6.45) is 0. The zero-order valence-electron chi connectivity index (χ0n) is 9.07. The number of halogens is 1. The summed E-state index contributed by atoms with van der Waals surface area (Å²) in [5, 5.41) is 9.17. The highest BCUT2D eigenvalue weighted by Gasteiger charge is 2.08. The van der Waals surface area contributed by atoms with Gasteiger partial charge in [0.15, 0.2) is 0 Å². The minimum absolute atomic E-state index is 0.0197. The zero-order valence-corrected chi connectivity index (χ0v) is 9.07. The quantitative estimate of drug-likeness (QED) is 0.816. The molecule has 0 fully saturated rings. The Morgan fingerprint density at radius 3 is 2.38 bits per heavy atom. The summed E-state index contributed by atoms with van der Waals surface area (Å²) in [5.41, 5.74) is 3.18. The predicted octanol–water partition coefficient (Wildman–Crippen LogP) is 3.29. The molecule has 0 aliphatic rings. The third-order valence-electron chi connectivity index (χ3n) is 2.78. The van der Waals surface area contributed by atoms with E-state index in [1.54, 1.807) is 12.1 Å². The molecule has 16 heavy (non-hydrogen) atoms. The highest BCUT2D eigenvalue weighted by atomic mass is 19.1. The molecule has 82 valence electrons. The summed E-state index contributed by atoms with van der Waals surface area (Å²) < 4.78 is 13.6. The fraction of sp³-hybridized carbons (Fsp3) is 0.143. The number of aliphatic hydroxyl groups is 1. The van der Waals surface area contributed by atoms with E-state index in [1.165, 1.54) is 6.07 Å². The molecule has 2 heteroatoms. The zero-order chi connectivity index (χ0) is 11.5. The van der Waals surface area contributed by atoms with E-state index in [0.717, 1.165) is 16.7 Å². The molecule has 2 rings (SSSR count). The molecule has 0 aliphatic carbocycles. The van der Waals surface area contributed by atoms with Gasteiger partial charge in [-0.05, 0) is 29.7 Å². The second-order valence-corrected chi connectivity index (χ2v) is 3.73. The van der Waals surface area contributed by atoms with Gasteiger partial charge < -0.3 is 5.11 Å². The van der Waals surface area contributed by atoms with Gasteiger partial charge in [0.05, 0.1) is 6.61 Å². The van der Waals surface area contributed by atoms with Crippen LogP contribution >= 0.6 is 0 Å². The van der Waals surface area contributed by atoms with E-state index >= 15 is 0 Å². The van der Waals surface area contributed by atoms with Gasteiger partial charge >= 0.3 is 0 Å². The molecule has 1 nitrogen and oxygen atoms in total. The van der Waals surface area contributed by atoms with Crippen molar-refractivity contribution >= 4 is 0 Å². The average Bonchev–Trinajstić information content (AvgIpc) is 2.31. The van der Waals surface area contributed by atoms with Crippen molar-refractivity contribution in [3.05, 3.63) is 59.4 Å². The Balaban J connectivity index is 2.61. The predicted molar refractivity (Wildman–Crippen MR) is 62.5 cm³/mol. The summed E-state index contributed by atoms with van der Waals surface area (Å²) in [6.45, 7) is 1.88. The van der Waals surface area contributed by atoms with Crippen molar-refractivity contribution in [1.82, 2.24) is 0 Å². The first-order chi connectivity index (χ1) is 7.74. The molecule has 0 saturated carbocycles. The number of rotatable bonds is 2. The minimum atomic E-state index is -0.235. The van der Waals surface area contributed by atoms with Crippen LogP contribution < -0.4 is 0 Å². The third kappa shape index (κ3) is 1.84. The van der Waals surface area contributed by atoms with Crippen LogP contribution in [0, 0.1) is 12.7 Å². The van der Waals surface area contributed by atoms with Crippen LogP contribution in [0.2, 0.25) is 0 Å². The van der Waals surface area contributed by atoms with Crippen LogP contribution in [0.15, 0.2) is 42.5 Å². The van der Waals surface area contributed by atoms with E-state index in [4.69, 9.17) is 5.11 Å². The van der Waals surface area contributed by atoms with Gasteiger partial charge in [0.2, 0.25) is 0 Å². The second-order valence-electron chi connectivity index (χ2n) is 3.73. The van der Waals surface area contributed by atoms with Gasteiger partial charge in [-0.3, -0.25) is 0 Å². The molecule has 0 saturated heterocycles. The Bertz CT molecular complexity index is 506. The fourth-order valence-electron chi connectivity index (χ4n) is 1.83. The van der Waals surface area contributed by atoms with E-state index < -0.39 is 0 Å². The molecule has 0 bridgehead atoms. The smallest absolute Gasteiger partial charge is 0.131 e. The van der Waals surface area contributed by atoms with E-state index in [-0.39, 0.29) is 12.4 Å². The van der Waals surface area contributed by atoms with Crippen LogP contribution in [-0.2, 0) is 6.61 Å². The molecular weight excluding hydrogens is 203 g/mol. The largest absolute Gasteiger partial charge is 0.392 e. The van der Waals surface area contributed by atoms with Crippen LogP contribution in [0.1, 0.15) is 11.1 Å². The molecular formula is C14H13FO. The maximum atomic E-state index is 13.6. The lowest BCUT2D eigenvalue weighted by atomic mass is 9.96. The number of hydrogen-bond donors (Lipinski definition) is 1. The van der Waals surface area contributed by atoms with Crippen molar-refractivity contribution in [2.45, 2.75) is 13.5 Å². The van der Waals surface area contributed by atoms with Crippen LogP contribution in [0.5, 0.6) is 0 Å². The molecule has 0 aliphatic heterocycles. The lowest BCUT2D eigenvalue weighted by Gasteiger charge is -2.10. The summed E-state index contributed by atoms with van der Waals surface area (Å²) in [7, 11) is 0. The number of benzene rings is 2. The highest BCUT2D eigenvalue weighted by Crippen LogP contribution is 2.27. The Kier molecular flexibility index (Phi) is 3.02. The summed E-state index contributed by atoms with van der Waals surface area (Å²) in [5.74, 6) is -0.235. The lowest BCUT2D eigenvalue weighted by Crippen LogP contribution is -1.93. The maximum absolute atomic E-state index is 13.6. The monoisotopic (exact) mass is 216 g/mol. The Labute approximate surface area is 94.2 Å². The van der Waals surface area contributed by atoms with E-state index in [0.29, 0.717) is 5.56 Å². The molecule has 2 aromatic carbocycles. The molecule has 0 heterocycles. The fourth-order valence-corrected chi connectivity index (χ4v) is 1.83. The van der Waals surface area contributed by atoms with Gasteiger partial charge in [-0.2, -0.15) is 0 Å². The van der Waals surface area contributed by atoms with Crippen LogP contribution in [0.25, 0.3) is 11.1 Å². The van der Waals surface area contributed by atoms with Crippen LogP contribution in [0.4, 0.5) is 4.39 Å². The molecule has 0 radical (unpaired) electrons. The Hall–Kier alpha value is -1.67. The molecule has 0 amide bonds. The van der Waals surface area contributed by atoms with Gasteiger partial charge in [0, 0.05) is 5.56 Å². The second kappa shape index (κ2) is 4.45. The lowest BCUT2D eigenvalue weighted by molar-refractivity contribution is 0.281. The Morgan fingerprint density at radius 2 is 1.69 bits per heavy atom. The highest BCUT2D eigenvalue weighted by molar-refractivity contribution is 5.68. The molecule has 0 aromatic heterocycles. The van der Waals surface area contributed by atoms with Crippen molar-refractivity contribution in [1.29, 1.82) is 0 Å². The number of aliphatic hydroxyl groups excluding tert-OH is 1. The van der Waals surface area contributed by atoms with E-state index in [1.807, 2.05) is 31.2 Å². The van der Waals surface area contributed by atoms with Crippen molar-refractivity contribution in [2.75, 3.05) is 0 Å². The minimum Gasteiger partial charge on any atom is -0.392 e. The standard InChI is InChI=1S/C14H13FO/c1-10-11(9-16)5-4-7-12(10)13-6-2-3-8-14(13)15/h2-8,16H,9H2,1H3. The third-order valence-corrected chi connectivity index (χ3v) is 2.78. The number of hydrogen-bond acceptors (Lipinski definition) is 1. The molecule has 0 atom stereocenters. The Morgan fingerprint density at radius 1 is 1.00 bits per heavy atom.